The van der Waals surface area contributed by atoms with Gasteiger partial charge in [0.05, 0.1) is 0 Å². The Morgan fingerprint density at radius 2 is 1.50 bits per heavy atom. The smallest absolute Gasteiger partial charge is 0.0402 e. The quantitative estimate of drug-likeness (QED) is 0.757. The fourth-order valence-corrected chi connectivity index (χ4v) is 5.49. The Kier molecular flexibility index (Phi) is 4.97. The van der Waals surface area contributed by atoms with E-state index in [0.717, 1.165) is 0 Å². The maximum Gasteiger partial charge on any atom is 0.0402 e. The van der Waals surface area contributed by atoms with Crippen LogP contribution in [0, 0.1) is 10.8 Å². The van der Waals surface area contributed by atoms with Crippen LogP contribution in [0.3, 0.4) is 0 Å². The van der Waals surface area contributed by atoms with Crippen LogP contribution in [0.2, 0.25) is 0 Å². The molecule has 1 aromatic carbocycles. The monoisotopic (exact) mass is 328 g/mol. The van der Waals surface area contributed by atoms with Gasteiger partial charge in [0, 0.05) is 31.9 Å². The molecule has 0 amide bonds. The Labute approximate surface area is 149 Å². The van der Waals surface area contributed by atoms with Crippen molar-refractivity contribution in [3.63, 3.8) is 0 Å². The summed E-state index contributed by atoms with van der Waals surface area (Å²) >= 11 is 0. The lowest BCUT2D eigenvalue weighted by Gasteiger charge is -2.46. The van der Waals surface area contributed by atoms with Crippen LogP contribution in [-0.2, 0) is 0 Å². The average Bonchev–Trinajstić information content (AvgIpc) is 2.52. The average molecular weight is 329 g/mol. The van der Waals surface area contributed by atoms with Crippen molar-refractivity contribution in [2.45, 2.75) is 59.8 Å². The summed E-state index contributed by atoms with van der Waals surface area (Å²) in [6.45, 7) is 18.0. The zero-order valence-corrected chi connectivity index (χ0v) is 16.4. The van der Waals surface area contributed by atoms with E-state index in [4.69, 9.17) is 0 Å². The van der Waals surface area contributed by atoms with Crippen molar-refractivity contribution in [3.8, 4) is 0 Å². The normalized spacial score (nSPS) is 25.0. The molecular formula is C22H36N2. The Hall–Kier alpha value is -1.02. The molecule has 1 saturated heterocycles. The topological polar surface area (TPSA) is 6.48 Å². The minimum atomic E-state index is 0.445. The molecule has 3 rings (SSSR count). The molecule has 0 N–H and O–H groups in total. The summed E-state index contributed by atoms with van der Waals surface area (Å²) in [5, 5.41) is 0. The zero-order valence-electron chi connectivity index (χ0n) is 16.4. The van der Waals surface area contributed by atoms with Crippen LogP contribution in [-0.4, -0.2) is 37.6 Å². The highest BCUT2D eigenvalue weighted by molar-refractivity contribution is 5.56. The molecule has 1 saturated carbocycles. The Morgan fingerprint density at radius 3 is 2.08 bits per heavy atom. The molecule has 2 aliphatic rings. The Balaban J connectivity index is 1.84. The summed E-state index contributed by atoms with van der Waals surface area (Å²) < 4.78 is 0. The van der Waals surface area contributed by atoms with Crippen molar-refractivity contribution in [2.75, 3.05) is 37.6 Å². The van der Waals surface area contributed by atoms with Gasteiger partial charge in [-0.3, -0.25) is 0 Å². The van der Waals surface area contributed by atoms with Crippen molar-refractivity contribution in [1.29, 1.82) is 0 Å². The van der Waals surface area contributed by atoms with Crippen LogP contribution < -0.4 is 4.90 Å². The van der Waals surface area contributed by atoms with E-state index in [1.807, 2.05) is 0 Å². The third-order valence-corrected chi connectivity index (χ3v) is 6.09. The molecule has 1 heterocycles. The van der Waals surface area contributed by atoms with Crippen LogP contribution in [0.25, 0.3) is 0 Å². The van der Waals surface area contributed by atoms with Gasteiger partial charge >= 0.3 is 0 Å². The lowest BCUT2D eigenvalue weighted by Crippen LogP contribution is -2.46. The van der Waals surface area contributed by atoms with E-state index in [9.17, 15) is 0 Å². The number of likely N-dealkylation sites (N-methyl/N-ethyl adjacent to an activating group) is 1. The standard InChI is InChI=1S/C22H36N2/c1-6-23-11-13-24(14-12-23)20-10-8-7-9-19(20)18-15-21(2,3)17-22(4,5)16-18/h7-10,18H,6,11-17H2,1-5H3. The van der Waals surface area contributed by atoms with Crippen molar-refractivity contribution in [2.24, 2.45) is 10.8 Å². The molecule has 2 nitrogen and oxygen atoms in total. The molecule has 24 heavy (non-hydrogen) atoms. The van der Waals surface area contributed by atoms with Gasteiger partial charge in [-0.25, -0.2) is 0 Å². The molecule has 2 heteroatoms. The van der Waals surface area contributed by atoms with Crippen LogP contribution in [0.1, 0.15) is 65.4 Å². The highest BCUT2D eigenvalue weighted by atomic mass is 15.3. The van der Waals surface area contributed by atoms with Crippen LogP contribution >= 0.6 is 0 Å². The fraction of sp³-hybridized carbons (Fsp3) is 0.727. The number of para-hydroxylation sites is 1. The third kappa shape index (κ3) is 3.96. The van der Waals surface area contributed by atoms with Crippen LogP contribution in [0.15, 0.2) is 24.3 Å². The lowest BCUT2D eigenvalue weighted by atomic mass is 9.60. The maximum atomic E-state index is 2.64. The molecule has 0 aromatic heterocycles. The Morgan fingerprint density at radius 1 is 0.917 bits per heavy atom. The second-order valence-electron chi connectivity index (χ2n) is 9.59. The summed E-state index contributed by atoms with van der Waals surface area (Å²) in [6, 6.07) is 9.25. The predicted octanol–water partition coefficient (Wildman–Crippen LogP) is 5.15. The number of rotatable bonds is 3. The third-order valence-electron chi connectivity index (χ3n) is 6.09. The van der Waals surface area contributed by atoms with E-state index in [-0.39, 0.29) is 0 Å². The van der Waals surface area contributed by atoms with Gasteiger partial charge in [-0.1, -0.05) is 52.8 Å². The molecule has 0 atom stereocenters. The first-order chi connectivity index (χ1) is 11.3. The molecule has 1 aliphatic heterocycles. The van der Waals surface area contributed by atoms with Gasteiger partial charge in [-0.05, 0) is 54.2 Å². The minimum absolute atomic E-state index is 0.445. The van der Waals surface area contributed by atoms with E-state index in [1.54, 1.807) is 5.56 Å². The predicted molar refractivity (Wildman–Crippen MR) is 105 cm³/mol. The lowest BCUT2D eigenvalue weighted by molar-refractivity contribution is 0.0970. The number of benzene rings is 1. The van der Waals surface area contributed by atoms with E-state index in [2.05, 4.69) is 68.7 Å². The Bertz CT molecular complexity index is 537. The molecule has 0 bridgehead atoms. The van der Waals surface area contributed by atoms with Gasteiger partial charge in [0.2, 0.25) is 0 Å². The summed E-state index contributed by atoms with van der Waals surface area (Å²) in [5.41, 5.74) is 4.00. The first kappa shape index (κ1) is 17.8. The zero-order chi connectivity index (χ0) is 17.4. The van der Waals surface area contributed by atoms with Gasteiger partial charge < -0.3 is 9.80 Å². The molecule has 0 unspecified atom stereocenters. The van der Waals surface area contributed by atoms with E-state index in [0.29, 0.717) is 16.7 Å². The van der Waals surface area contributed by atoms with Gasteiger partial charge in [0.1, 0.15) is 0 Å². The molecular weight excluding hydrogens is 292 g/mol. The summed E-state index contributed by atoms with van der Waals surface area (Å²) in [5.74, 6) is 0.698. The van der Waals surface area contributed by atoms with Crippen molar-refractivity contribution in [3.05, 3.63) is 29.8 Å². The summed E-state index contributed by atoms with van der Waals surface area (Å²) in [7, 11) is 0. The number of piperazine rings is 1. The molecule has 0 spiro atoms. The largest absolute Gasteiger partial charge is 0.369 e. The molecule has 0 radical (unpaired) electrons. The number of anilines is 1. The number of nitrogens with zero attached hydrogens (tertiary/aromatic N) is 2. The van der Waals surface area contributed by atoms with Crippen molar-refractivity contribution >= 4 is 5.69 Å². The molecule has 2 fully saturated rings. The van der Waals surface area contributed by atoms with Crippen LogP contribution in [0.5, 0.6) is 0 Å². The fourth-order valence-electron chi connectivity index (χ4n) is 5.49. The van der Waals surface area contributed by atoms with E-state index >= 15 is 0 Å². The van der Waals surface area contributed by atoms with E-state index in [1.165, 1.54) is 57.7 Å². The summed E-state index contributed by atoms with van der Waals surface area (Å²) in [4.78, 5) is 5.20. The first-order valence-electron chi connectivity index (χ1n) is 9.86. The first-order valence-corrected chi connectivity index (χ1v) is 9.86. The SMILES string of the molecule is CCN1CCN(c2ccccc2C2CC(C)(C)CC(C)(C)C2)CC1. The van der Waals surface area contributed by atoms with Gasteiger partial charge in [0.15, 0.2) is 0 Å². The maximum absolute atomic E-state index is 2.64. The highest BCUT2D eigenvalue weighted by Gasteiger charge is 2.39. The second kappa shape index (κ2) is 6.71. The van der Waals surface area contributed by atoms with Crippen LogP contribution in [0.4, 0.5) is 5.69 Å². The molecule has 1 aromatic rings. The summed E-state index contributed by atoms with van der Waals surface area (Å²) in [6.07, 6.45) is 3.98. The van der Waals surface area contributed by atoms with Crippen molar-refractivity contribution < 1.29 is 0 Å². The van der Waals surface area contributed by atoms with Gasteiger partial charge in [0.25, 0.3) is 0 Å². The number of hydrogen-bond acceptors (Lipinski definition) is 2. The van der Waals surface area contributed by atoms with Crippen molar-refractivity contribution in [1.82, 2.24) is 4.90 Å². The molecule has 1 aliphatic carbocycles. The highest BCUT2D eigenvalue weighted by Crippen LogP contribution is 2.53. The number of hydrogen-bond donors (Lipinski definition) is 0. The van der Waals surface area contributed by atoms with Gasteiger partial charge in [-0.2, -0.15) is 0 Å². The van der Waals surface area contributed by atoms with Gasteiger partial charge in [-0.15, -0.1) is 0 Å². The second-order valence-corrected chi connectivity index (χ2v) is 9.59. The molecule has 134 valence electrons. The minimum Gasteiger partial charge on any atom is -0.369 e. The van der Waals surface area contributed by atoms with E-state index < -0.39 is 0 Å².